The second kappa shape index (κ2) is 4.42. The summed E-state index contributed by atoms with van der Waals surface area (Å²) in [6.45, 7) is 0. The molecule has 5 N–H and O–H groups in total. The molecular formula is C5H8N2O5. The first-order valence-electron chi connectivity index (χ1n) is 2.94. The van der Waals surface area contributed by atoms with Gasteiger partial charge in [0.2, 0.25) is 5.78 Å². The van der Waals surface area contributed by atoms with Crippen LogP contribution >= 0.6 is 0 Å². The minimum Gasteiger partial charge on any atom is -0.481 e. The Bertz CT molecular complexity index is 214. The van der Waals surface area contributed by atoms with Crippen molar-refractivity contribution in [2.45, 2.75) is 12.5 Å². The third-order valence-electron chi connectivity index (χ3n) is 1.06. The molecule has 0 aromatic heterocycles. The fourth-order valence-corrected chi connectivity index (χ4v) is 0.504. The van der Waals surface area contributed by atoms with Crippen molar-refractivity contribution in [1.29, 1.82) is 0 Å². The summed E-state index contributed by atoms with van der Waals surface area (Å²) in [6.07, 6.45) is -0.647. The minimum absolute atomic E-state index is 0.647. The number of hydrogen-bond donors (Lipinski definition) is 4. The molecule has 0 spiro atoms. The molecule has 0 fully saturated rings. The first-order chi connectivity index (χ1) is 5.49. The monoisotopic (exact) mass is 176 g/mol. The molecule has 0 aliphatic carbocycles. The molecule has 7 nitrogen and oxygen atoms in total. The van der Waals surface area contributed by atoms with Crippen LogP contribution < -0.4 is 11.2 Å². The molecule has 0 aliphatic heterocycles. The minimum atomic E-state index is -1.42. The predicted molar refractivity (Wildman–Crippen MR) is 35.2 cm³/mol. The summed E-state index contributed by atoms with van der Waals surface area (Å²) < 4.78 is 0. The Labute approximate surface area is 67.1 Å². The average Bonchev–Trinajstić information content (AvgIpc) is 2.00. The number of nitrogens with one attached hydrogen (secondary N) is 1. The van der Waals surface area contributed by atoms with Gasteiger partial charge in [-0.05, 0) is 0 Å². The Morgan fingerprint density at radius 1 is 1.42 bits per heavy atom. The maximum atomic E-state index is 10.6. The topological polar surface area (TPSA) is 130 Å². The molecule has 68 valence electrons. The summed E-state index contributed by atoms with van der Waals surface area (Å²) in [5.41, 5.74) is 6.05. The van der Waals surface area contributed by atoms with E-state index in [0.29, 0.717) is 0 Å². The largest absolute Gasteiger partial charge is 0.481 e. The molecule has 1 atom stereocenters. The smallest absolute Gasteiger partial charge is 0.312 e. The van der Waals surface area contributed by atoms with Gasteiger partial charge < -0.3 is 10.8 Å². The lowest BCUT2D eigenvalue weighted by Crippen LogP contribution is -2.42. The van der Waals surface area contributed by atoms with Crippen LogP contribution in [0.1, 0.15) is 6.42 Å². The summed E-state index contributed by atoms with van der Waals surface area (Å²) in [5.74, 6) is -3.77. The van der Waals surface area contributed by atoms with Crippen LogP contribution in [0.3, 0.4) is 0 Å². The molecule has 0 aliphatic rings. The van der Waals surface area contributed by atoms with E-state index in [1.54, 1.807) is 0 Å². The first kappa shape index (κ1) is 10.5. The summed E-state index contributed by atoms with van der Waals surface area (Å²) in [6, 6.07) is -1.42. The lowest BCUT2D eigenvalue weighted by molar-refractivity contribution is -0.145. The Kier molecular flexibility index (Phi) is 3.88. The Morgan fingerprint density at radius 3 is 2.25 bits per heavy atom. The van der Waals surface area contributed by atoms with Gasteiger partial charge in [0.15, 0.2) is 0 Å². The van der Waals surface area contributed by atoms with Crippen LogP contribution in [0.5, 0.6) is 0 Å². The number of amides is 1. The number of carbonyl (C=O) groups is 3. The van der Waals surface area contributed by atoms with Gasteiger partial charge in [0.05, 0.1) is 12.5 Å². The van der Waals surface area contributed by atoms with Gasteiger partial charge in [-0.15, -0.1) is 0 Å². The number of nitrogens with two attached hydrogens (primary N) is 1. The van der Waals surface area contributed by atoms with Crippen molar-refractivity contribution in [3.8, 4) is 0 Å². The predicted octanol–water partition coefficient (Wildman–Crippen LogP) is -2.14. The molecule has 0 rings (SSSR count). The third kappa shape index (κ3) is 3.08. The number of ketones is 1. The number of rotatable bonds is 4. The molecule has 0 aromatic carbocycles. The summed E-state index contributed by atoms with van der Waals surface area (Å²) in [7, 11) is 0. The normalized spacial score (nSPS) is 11.8. The molecule has 0 radical (unpaired) electrons. The van der Waals surface area contributed by atoms with E-state index in [1.165, 1.54) is 0 Å². The maximum Gasteiger partial charge on any atom is 0.312 e. The lowest BCUT2D eigenvalue weighted by Gasteiger charge is -2.04. The molecule has 7 heteroatoms. The Balaban J connectivity index is 4.10. The number of Topliss-reactive ketones (excluding diaryl/α,β-unsaturated/α-hetero) is 1. The number of carboxylic acid groups (broad SMARTS) is 1. The highest BCUT2D eigenvalue weighted by molar-refractivity contribution is 6.38. The molecule has 0 unspecified atom stereocenters. The molecule has 1 amide bonds. The van der Waals surface area contributed by atoms with Crippen LogP contribution in [0.4, 0.5) is 0 Å². The van der Waals surface area contributed by atoms with Crippen molar-refractivity contribution >= 4 is 17.7 Å². The van der Waals surface area contributed by atoms with Crippen molar-refractivity contribution in [3.63, 3.8) is 0 Å². The van der Waals surface area contributed by atoms with E-state index < -0.39 is 30.1 Å². The number of hydrogen-bond acceptors (Lipinski definition) is 5. The lowest BCUT2D eigenvalue weighted by atomic mass is 10.1. The van der Waals surface area contributed by atoms with Gasteiger partial charge in [-0.3, -0.25) is 19.6 Å². The van der Waals surface area contributed by atoms with Crippen molar-refractivity contribution in [2.24, 2.45) is 5.73 Å². The van der Waals surface area contributed by atoms with Gasteiger partial charge in [0, 0.05) is 0 Å². The molecule has 12 heavy (non-hydrogen) atoms. The number of hydroxylamine groups is 1. The van der Waals surface area contributed by atoms with Gasteiger partial charge in [-0.2, -0.15) is 0 Å². The van der Waals surface area contributed by atoms with Crippen LogP contribution in [0, 0.1) is 0 Å². The van der Waals surface area contributed by atoms with Crippen molar-refractivity contribution in [2.75, 3.05) is 0 Å². The van der Waals surface area contributed by atoms with Gasteiger partial charge in [0.1, 0.15) is 0 Å². The summed E-state index contributed by atoms with van der Waals surface area (Å²) in [5, 5.41) is 16.1. The van der Waals surface area contributed by atoms with Crippen LogP contribution in [0.2, 0.25) is 0 Å². The summed E-state index contributed by atoms with van der Waals surface area (Å²) in [4.78, 5) is 31.0. The first-order valence-corrected chi connectivity index (χ1v) is 2.94. The van der Waals surface area contributed by atoms with E-state index in [-0.39, 0.29) is 0 Å². The van der Waals surface area contributed by atoms with Gasteiger partial charge in [-0.1, -0.05) is 0 Å². The molecule has 0 bridgehead atoms. The fourth-order valence-electron chi connectivity index (χ4n) is 0.504. The van der Waals surface area contributed by atoms with Crippen molar-refractivity contribution < 1.29 is 24.7 Å². The van der Waals surface area contributed by atoms with E-state index in [2.05, 4.69) is 0 Å². The average molecular weight is 176 g/mol. The van der Waals surface area contributed by atoms with E-state index in [1.807, 2.05) is 0 Å². The number of carboxylic acids is 1. The summed E-state index contributed by atoms with van der Waals surface area (Å²) >= 11 is 0. The van der Waals surface area contributed by atoms with Crippen LogP contribution in [-0.4, -0.2) is 34.0 Å². The zero-order chi connectivity index (χ0) is 9.72. The van der Waals surface area contributed by atoms with Gasteiger partial charge >= 0.3 is 11.9 Å². The fraction of sp³-hybridized carbons (Fsp3) is 0.400. The molecule has 0 saturated heterocycles. The third-order valence-corrected chi connectivity index (χ3v) is 1.06. The number of carbonyl (C=O) groups excluding carboxylic acids is 2. The highest BCUT2D eigenvalue weighted by Crippen LogP contribution is 1.89. The second-order valence-electron chi connectivity index (χ2n) is 2.01. The van der Waals surface area contributed by atoms with E-state index in [9.17, 15) is 14.4 Å². The standard InChI is InChI=1S/C5H8N2O5/c6-2(1-3(8)9)4(10)5(11)7-12/h2,12H,1,6H2,(H,7,11)(H,8,9)/t2-/m0/s1. The Hall–Kier alpha value is -1.47. The highest BCUT2D eigenvalue weighted by Gasteiger charge is 2.23. The van der Waals surface area contributed by atoms with E-state index in [4.69, 9.17) is 16.0 Å². The zero-order valence-corrected chi connectivity index (χ0v) is 5.98. The van der Waals surface area contributed by atoms with E-state index in [0.717, 1.165) is 5.48 Å². The van der Waals surface area contributed by atoms with Crippen molar-refractivity contribution in [3.05, 3.63) is 0 Å². The maximum absolute atomic E-state index is 10.6. The van der Waals surface area contributed by atoms with Crippen LogP contribution in [0.15, 0.2) is 0 Å². The quantitative estimate of drug-likeness (QED) is 0.220. The van der Waals surface area contributed by atoms with Crippen LogP contribution in [0.25, 0.3) is 0 Å². The van der Waals surface area contributed by atoms with Crippen LogP contribution in [-0.2, 0) is 14.4 Å². The van der Waals surface area contributed by atoms with Gasteiger partial charge in [0.25, 0.3) is 0 Å². The number of aliphatic carboxylic acids is 1. The molecule has 0 heterocycles. The Morgan fingerprint density at radius 2 is 1.92 bits per heavy atom. The molecule has 0 aromatic rings. The molecular weight excluding hydrogens is 168 g/mol. The zero-order valence-electron chi connectivity index (χ0n) is 5.98. The van der Waals surface area contributed by atoms with E-state index >= 15 is 0 Å². The second-order valence-corrected chi connectivity index (χ2v) is 2.01. The molecule has 0 saturated carbocycles. The highest BCUT2D eigenvalue weighted by atomic mass is 16.5. The SMILES string of the molecule is N[C@@H](CC(=O)O)C(=O)C(=O)NO. The van der Waals surface area contributed by atoms with Gasteiger partial charge in [-0.25, -0.2) is 5.48 Å². The van der Waals surface area contributed by atoms with Crippen molar-refractivity contribution in [1.82, 2.24) is 5.48 Å².